The van der Waals surface area contributed by atoms with Gasteiger partial charge in [0.15, 0.2) is 21.5 Å². The fourth-order valence-electron chi connectivity index (χ4n) is 2.42. The molecule has 3 rings (SSSR count). The van der Waals surface area contributed by atoms with Crippen LogP contribution in [0.5, 0.6) is 5.75 Å². The lowest BCUT2D eigenvalue weighted by Gasteiger charge is -2.09. The van der Waals surface area contributed by atoms with Gasteiger partial charge in [-0.3, -0.25) is 4.79 Å². The molecule has 0 saturated heterocycles. The summed E-state index contributed by atoms with van der Waals surface area (Å²) in [5.41, 5.74) is 0.0561. The molecule has 0 saturated carbocycles. The molecule has 1 aromatic carbocycles. The molecule has 0 aliphatic heterocycles. The zero-order valence-corrected chi connectivity index (χ0v) is 16.9. The van der Waals surface area contributed by atoms with Crippen LogP contribution in [0.1, 0.15) is 16.2 Å². The van der Waals surface area contributed by atoms with Gasteiger partial charge in [0.1, 0.15) is 12.1 Å². The van der Waals surface area contributed by atoms with Crippen molar-refractivity contribution in [3.8, 4) is 11.6 Å². The summed E-state index contributed by atoms with van der Waals surface area (Å²) >= 11 is 5.91. The third kappa shape index (κ3) is 5.27. The van der Waals surface area contributed by atoms with Crippen molar-refractivity contribution >= 4 is 27.3 Å². The van der Waals surface area contributed by atoms with Crippen LogP contribution >= 0.6 is 11.6 Å². The minimum absolute atomic E-state index is 0.0561. The second-order valence-electron chi connectivity index (χ2n) is 5.95. The minimum Gasteiger partial charge on any atom is -0.433 e. The summed E-state index contributed by atoms with van der Waals surface area (Å²) < 4.78 is 53.4. The smallest absolute Gasteiger partial charge is 0.387 e. The Bertz CT molecular complexity index is 1170. The number of sulfone groups is 1. The van der Waals surface area contributed by atoms with Crippen molar-refractivity contribution < 1.29 is 26.7 Å². The number of hydrogen-bond donors (Lipinski definition) is 1. The summed E-state index contributed by atoms with van der Waals surface area (Å²) in [6, 6.07) is 6.48. The number of carbonyl (C=O) groups excluding carboxylic acids is 1. The number of pyridine rings is 1. The maximum absolute atomic E-state index is 12.4. The maximum atomic E-state index is 12.4. The van der Waals surface area contributed by atoms with E-state index in [9.17, 15) is 22.0 Å². The van der Waals surface area contributed by atoms with E-state index in [1.807, 2.05) is 0 Å². The topological polar surface area (TPSA) is 116 Å². The Morgan fingerprint density at radius 3 is 2.67 bits per heavy atom. The number of aromatic nitrogens is 4. The summed E-state index contributed by atoms with van der Waals surface area (Å²) in [4.78, 5) is 20.4. The lowest BCUT2D eigenvalue weighted by molar-refractivity contribution is -0.0500. The molecule has 0 bridgehead atoms. The number of ether oxygens (including phenoxy) is 1. The molecule has 0 fully saturated rings. The largest absolute Gasteiger partial charge is 0.433 e. The van der Waals surface area contributed by atoms with E-state index in [0.717, 1.165) is 12.5 Å². The summed E-state index contributed by atoms with van der Waals surface area (Å²) in [7, 11) is -3.55. The van der Waals surface area contributed by atoms with E-state index in [4.69, 9.17) is 11.6 Å². The van der Waals surface area contributed by atoms with Crippen LogP contribution in [-0.2, 0) is 16.4 Å². The lowest BCUT2D eigenvalue weighted by Crippen LogP contribution is -2.25. The van der Waals surface area contributed by atoms with E-state index in [2.05, 4.69) is 25.1 Å². The standard InChI is InChI=1S/C17H14ClF2N5O4S/c1-30(27,28)13-5-10(4-11(18)6-13)16(26)22-8-15-23-9-24-25(15)14-3-2-12(7-21-14)29-17(19)20/h2-7,9,17H,8H2,1H3,(H,22,26). The lowest BCUT2D eigenvalue weighted by atomic mass is 10.2. The number of nitrogens with one attached hydrogen (secondary N) is 1. The van der Waals surface area contributed by atoms with Crippen molar-refractivity contribution in [1.82, 2.24) is 25.1 Å². The van der Waals surface area contributed by atoms with Crippen LogP contribution in [0, 0.1) is 0 Å². The number of alkyl halides is 2. The Labute approximate surface area is 174 Å². The highest BCUT2D eigenvalue weighted by Gasteiger charge is 2.15. The highest BCUT2D eigenvalue weighted by atomic mass is 35.5. The van der Waals surface area contributed by atoms with E-state index < -0.39 is 22.4 Å². The Kier molecular flexibility index (Phi) is 6.27. The number of nitrogens with zero attached hydrogens (tertiary/aromatic N) is 4. The van der Waals surface area contributed by atoms with Gasteiger partial charge in [-0.2, -0.15) is 18.6 Å². The van der Waals surface area contributed by atoms with Crippen molar-refractivity contribution in [1.29, 1.82) is 0 Å². The van der Waals surface area contributed by atoms with E-state index in [-0.39, 0.29) is 33.6 Å². The number of amides is 1. The van der Waals surface area contributed by atoms with Gasteiger partial charge in [0.05, 0.1) is 17.6 Å². The molecule has 0 atom stereocenters. The van der Waals surface area contributed by atoms with Gasteiger partial charge >= 0.3 is 6.61 Å². The molecule has 0 unspecified atom stereocenters. The average Bonchev–Trinajstić information content (AvgIpc) is 3.13. The molecule has 9 nitrogen and oxygen atoms in total. The van der Waals surface area contributed by atoms with Crippen molar-refractivity contribution in [3.63, 3.8) is 0 Å². The molecular formula is C17H14ClF2N5O4S. The van der Waals surface area contributed by atoms with Crippen molar-refractivity contribution in [3.05, 3.63) is 59.3 Å². The Hall–Kier alpha value is -3.12. The van der Waals surface area contributed by atoms with E-state index in [1.54, 1.807) is 0 Å². The highest BCUT2D eigenvalue weighted by Crippen LogP contribution is 2.19. The number of carbonyl (C=O) groups is 1. The van der Waals surface area contributed by atoms with E-state index in [0.29, 0.717) is 5.82 Å². The first-order valence-corrected chi connectivity index (χ1v) is 10.5. The molecule has 0 radical (unpaired) electrons. The van der Waals surface area contributed by atoms with Gasteiger partial charge in [0.25, 0.3) is 5.91 Å². The molecule has 2 heterocycles. The molecule has 1 amide bonds. The normalized spacial score (nSPS) is 11.5. The van der Waals surface area contributed by atoms with Crippen LogP contribution in [0.4, 0.5) is 8.78 Å². The molecular weight excluding hydrogens is 444 g/mol. The number of hydrogen-bond acceptors (Lipinski definition) is 7. The second-order valence-corrected chi connectivity index (χ2v) is 8.40. The fourth-order valence-corrected chi connectivity index (χ4v) is 3.40. The average molecular weight is 458 g/mol. The van der Waals surface area contributed by atoms with Crippen LogP contribution in [0.15, 0.2) is 47.8 Å². The molecule has 13 heteroatoms. The van der Waals surface area contributed by atoms with Crippen LogP contribution in [0.25, 0.3) is 5.82 Å². The predicted molar refractivity (Wildman–Crippen MR) is 102 cm³/mol. The van der Waals surface area contributed by atoms with E-state index in [1.165, 1.54) is 41.3 Å². The van der Waals surface area contributed by atoms with Gasteiger partial charge in [-0.05, 0) is 30.3 Å². The molecule has 0 spiro atoms. The third-order valence-corrected chi connectivity index (χ3v) is 5.06. The SMILES string of the molecule is CS(=O)(=O)c1cc(Cl)cc(C(=O)NCc2ncnn2-c2ccc(OC(F)F)cn2)c1. The molecule has 0 aliphatic rings. The summed E-state index contributed by atoms with van der Waals surface area (Å²) in [5.74, 6) is -0.138. The molecule has 30 heavy (non-hydrogen) atoms. The fraction of sp³-hybridized carbons (Fsp3) is 0.176. The Balaban J connectivity index is 1.74. The molecule has 3 aromatic rings. The molecule has 158 valence electrons. The van der Waals surface area contributed by atoms with Crippen LogP contribution in [-0.4, -0.2) is 46.9 Å². The van der Waals surface area contributed by atoms with Gasteiger partial charge in [0.2, 0.25) is 0 Å². The van der Waals surface area contributed by atoms with Gasteiger partial charge in [-0.1, -0.05) is 11.6 Å². The molecule has 1 N–H and O–H groups in total. The number of rotatable bonds is 7. The van der Waals surface area contributed by atoms with Crippen LogP contribution < -0.4 is 10.1 Å². The zero-order chi connectivity index (χ0) is 21.9. The van der Waals surface area contributed by atoms with Crippen LogP contribution in [0.3, 0.4) is 0 Å². The minimum atomic E-state index is -3.55. The summed E-state index contributed by atoms with van der Waals surface area (Å²) in [5, 5.41) is 6.68. The van der Waals surface area contributed by atoms with Crippen molar-refractivity contribution in [2.75, 3.05) is 6.26 Å². The second kappa shape index (κ2) is 8.71. The summed E-state index contributed by atoms with van der Waals surface area (Å²) in [6.07, 6.45) is 3.34. The van der Waals surface area contributed by atoms with Gasteiger partial charge in [-0.15, -0.1) is 0 Å². The predicted octanol–water partition coefficient (Wildman–Crippen LogP) is 2.25. The molecule has 0 aliphatic carbocycles. The Morgan fingerprint density at radius 2 is 2.03 bits per heavy atom. The Morgan fingerprint density at radius 1 is 1.27 bits per heavy atom. The van der Waals surface area contributed by atoms with Crippen molar-refractivity contribution in [2.45, 2.75) is 18.1 Å². The summed E-state index contributed by atoms with van der Waals surface area (Å²) in [6.45, 7) is -3.04. The first-order chi connectivity index (χ1) is 14.1. The zero-order valence-electron chi connectivity index (χ0n) is 15.3. The maximum Gasteiger partial charge on any atom is 0.387 e. The van der Waals surface area contributed by atoms with Gasteiger partial charge in [-0.25, -0.2) is 18.4 Å². The van der Waals surface area contributed by atoms with E-state index >= 15 is 0 Å². The number of halogens is 3. The third-order valence-electron chi connectivity index (χ3n) is 3.75. The highest BCUT2D eigenvalue weighted by molar-refractivity contribution is 7.90. The monoisotopic (exact) mass is 457 g/mol. The first kappa shape index (κ1) is 21.6. The quantitative estimate of drug-likeness (QED) is 0.578. The van der Waals surface area contributed by atoms with Gasteiger partial charge < -0.3 is 10.1 Å². The molecule has 2 aromatic heterocycles. The first-order valence-electron chi connectivity index (χ1n) is 8.22. The van der Waals surface area contributed by atoms with Crippen molar-refractivity contribution in [2.24, 2.45) is 0 Å². The number of benzene rings is 1. The van der Waals surface area contributed by atoms with Gasteiger partial charge in [0, 0.05) is 16.8 Å². The van der Waals surface area contributed by atoms with Crippen LogP contribution in [0.2, 0.25) is 5.02 Å².